The lowest BCUT2D eigenvalue weighted by atomic mass is 9.61. The maximum atomic E-state index is 5.97. The van der Waals surface area contributed by atoms with E-state index in [1.807, 2.05) is 48.9 Å². The first-order chi connectivity index (χ1) is 36.6. The van der Waals surface area contributed by atoms with Crippen molar-refractivity contribution in [3.63, 3.8) is 0 Å². The molecule has 2 atom stereocenters. The number of nitrogens with zero attached hydrogens (tertiary/aromatic N) is 4. The van der Waals surface area contributed by atoms with Gasteiger partial charge in [0, 0.05) is 67.1 Å². The van der Waals surface area contributed by atoms with E-state index in [2.05, 4.69) is 194 Å². The molecule has 0 fully saturated rings. The zero-order valence-electron chi connectivity index (χ0n) is 39.9. The Kier molecular flexibility index (Phi) is 9.60. The van der Waals surface area contributed by atoms with Gasteiger partial charge in [0.1, 0.15) is 11.2 Å². The predicted octanol–water partition coefficient (Wildman–Crippen LogP) is 17.1. The van der Waals surface area contributed by atoms with Crippen molar-refractivity contribution in [3.05, 3.63) is 276 Å². The number of benzene rings is 9. The van der Waals surface area contributed by atoms with Gasteiger partial charge < -0.3 is 8.83 Å². The first-order valence-electron chi connectivity index (χ1n) is 25.1. The molecule has 3 aliphatic carbocycles. The molecule has 4 heterocycles. The Morgan fingerprint density at radius 3 is 1.08 bits per heavy atom. The second-order valence-electron chi connectivity index (χ2n) is 19.3. The van der Waals surface area contributed by atoms with Gasteiger partial charge in [0.25, 0.3) is 0 Å². The van der Waals surface area contributed by atoms with Gasteiger partial charge in [-0.15, -0.1) is 0 Å². The smallest absolute Gasteiger partial charge is 0.160 e. The fourth-order valence-corrected chi connectivity index (χ4v) is 11.6. The molecule has 0 radical (unpaired) electrons. The maximum absolute atomic E-state index is 5.97. The fraction of sp³-hybridized carbons (Fsp3) is 0.0294. The van der Waals surface area contributed by atoms with Gasteiger partial charge in [-0.3, -0.25) is 0 Å². The van der Waals surface area contributed by atoms with Gasteiger partial charge in [0.2, 0.25) is 0 Å². The summed E-state index contributed by atoms with van der Waals surface area (Å²) in [6.07, 6.45) is 3.70. The average molecular weight is 947 g/mol. The minimum atomic E-state index is 0.0160. The molecule has 1 unspecified atom stereocenters. The molecular weight excluding hydrogens is 905 g/mol. The van der Waals surface area contributed by atoms with Crippen molar-refractivity contribution >= 4 is 21.9 Å². The molecule has 3 aliphatic rings. The largest absolute Gasteiger partial charge is 0.464 e. The van der Waals surface area contributed by atoms with Crippen molar-refractivity contribution < 1.29 is 8.83 Å². The van der Waals surface area contributed by atoms with Crippen LogP contribution in [0, 0.1) is 0 Å². The highest BCUT2D eigenvalue weighted by atomic mass is 16.3. The Balaban J connectivity index is 0.835. The fourth-order valence-electron chi connectivity index (χ4n) is 11.6. The summed E-state index contributed by atoms with van der Waals surface area (Å²) in [7, 11) is 0. The van der Waals surface area contributed by atoms with Crippen LogP contribution in [-0.4, -0.2) is 19.9 Å². The molecule has 6 heteroatoms. The summed E-state index contributed by atoms with van der Waals surface area (Å²) < 4.78 is 11.9. The molecule has 9 aromatic carbocycles. The standard InChI is InChI=1S/C68H42N4O2/c1-3-15-41(16-4-1)59-37-61(45-21-13-19-43(33-45)57-39-73-63-27-11-9-23-49(57)63)71-67(69-59)47-29-31-53-55(35-47)65-51-25-7-8-26-52(51)66(53)56-36-48(30-32-54(56)65)68-70-60(42-17-5-2-6-18-42)38-62(72-68)46-22-14-20-44(34-46)58-40-74-64-28-12-10-24-50(58)64/h1-40,65-66H/t65-,66?/m1/s1. The van der Waals surface area contributed by atoms with Gasteiger partial charge in [-0.25, -0.2) is 19.9 Å². The summed E-state index contributed by atoms with van der Waals surface area (Å²) >= 11 is 0. The lowest BCUT2D eigenvalue weighted by molar-refractivity contribution is 0.616. The highest BCUT2D eigenvalue weighted by Crippen LogP contribution is 2.57. The van der Waals surface area contributed by atoms with Crippen LogP contribution >= 0.6 is 0 Å². The summed E-state index contributed by atoms with van der Waals surface area (Å²) in [6, 6.07) is 81.2. The second kappa shape index (κ2) is 16.9. The van der Waals surface area contributed by atoms with Gasteiger partial charge >= 0.3 is 0 Å². The van der Waals surface area contributed by atoms with E-state index in [0.29, 0.717) is 11.6 Å². The van der Waals surface area contributed by atoms with Gasteiger partial charge in [0.15, 0.2) is 11.6 Å². The van der Waals surface area contributed by atoms with E-state index < -0.39 is 0 Å². The molecule has 6 nitrogen and oxygen atoms in total. The molecule has 346 valence electrons. The molecular formula is C68H42N4O2. The van der Waals surface area contributed by atoms with E-state index in [9.17, 15) is 0 Å². The number of hydrogen-bond donors (Lipinski definition) is 0. The lowest BCUT2D eigenvalue weighted by Gasteiger charge is -2.42. The van der Waals surface area contributed by atoms with E-state index in [1.165, 1.54) is 33.4 Å². The summed E-state index contributed by atoms with van der Waals surface area (Å²) in [4.78, 5) is 21.3. The molecule has 4 aromatic heterocycles. The van der Waals surface area contributed by atoms with E-state index >= 15 is 0 Å². The zero-order chi connectivity index (χ0) is 48.7. The molecule has 13 aromatic rings. The SMILES string of the molecule is c1ccc(-c2cc(-c3cccc(-c4coc5ccccc45)c3)nc(-c3ccc4c(c3)C3c5ccccc5[C@H]4c4cc(-c5nc(-c6ccccc6)cc(-c6cccc(-c7coc8ccccc78)c6)n5)ccc43)n2)cc1. The number of furan rings is 2. The van der Waals surface area contributed by atoms with Crippen LogP contribution in [0.4, 0.5) is 0 Å². The van der Waals surface area contributed by atoms with Crippen LogP contribution in [-0.2, 0) is 0 Å². The van der Waals surface area contributed by atoms with E-state index in [-0.39, 0.29) is 11.8 Å². The Morgan fingerprint density at radius 1 is 0.257 bits per heavy atom. The lowest BCUT2D eigenvalue weighted by Crippen LogP contribution is -2.27. The number of para-hydroxylation sites is 2. The number of fused-ring (bicyclic) bond motifs is 2. The van der Waals surface area contributed by atoms with Crippen molar-refractivity contribution in [1.29, 1.82) is 0 Å². The second-order valence-corrected chi connectivity index (χ2v) is 19.3. The molecule has 0 saturated carbocycles. The molecule has 0 amide bonds. The molecule has 0 aliphatic heterocycles. The molecule has 0 spiro atoms. The molecule has 74 heavy (non-hydrogen) atoms. The highest BCUT2D eigenvalue weighted by Gasteiger charge is 2.41. The molecule has 0 saturated heterocycles. The Labute approximate surface area is 427 Å². The number of hydrogen-bond acceptors (Lipinski definition) is 6. The normalized spacial score (nSPS) is 14.2. The van der Waals surface area contributed by atoms with Crippen LogP contribution < -0.4 is 0 Å². The van der Waals surface area contributed by atoms with Gasteiger partial charge in [-0.05, 0) is 93.0 Å². The average Bonchev–Trinajstić information content (AvgIpc) is 4.13. The first-order valence-corrected chi connectivity index (χ1v) is 25.1. The van der Waals surface area contributed by atoms with E-state index in [0.717, 1.165) is 100 Å². The predicted molar refractivity (Wildman–Crippen MR) is 295 cm³/mol. The van der Waals surface area contributed by atoms with Crippen LogP contribution in [0.25, 0.3) is 112 Å². The van der Waals surface area contributed by atoms with Gasteiger partial charge in [-0.2, -0.15) is 0 Å². The van der Waals surface area contributed by atoms with Crippen molar-refractivity contribution in [2.75, 3.05) is 0 Å². The summed E-state index contributed by atoms with van der Waals surface area (Å²) in [6.45, 7) is 0. The third-order valence-corrected chi connectivity index (χ3v) is 15.0. The summed E-state index contributed by atoms with van der Waals surface area (Å²) in [5, 5.41) is 2.16. The van der Waals surface area contributed by atoms with Crippen molar-refractivity contribution in [2.45, 2.75) is 11.8 Å². The third-order valence-electron chi connectivity index (χ3n) is 15.0. The molecule has 0 N–H and O–H groups in total. The van der Waals surface area contributed by atoms with E-state index in [4.69, 9.17) is 28.8 Å². The van der Waals surface area contributed by atoms with E-state index in [1.54, 1.807) is 0 Å². The van der Waals surface area contributed by atoms with Crippen LogP contribution in [0.15, 0.2) is 252 Å². The minimum Gasteiger partial charge on any atom is -0.464 e. The van der Waals surface area contributed by atoms with Crippen LogP contribution in [0.5, 0.6) is 0 Å². The zero-order valence-corrected chi connectivity index (χ0v) is 39.9. The van der Waals surface area contributed by atoms with Crippen LogP contribution in [0.2, 0.25) is 0 Å². The quantitative estimate of drug-likeness (QED) is 0.151. The Bertz CT molecular complexity index is 4070. The summed E-state index contributed by atoms with van der Waals surface area (Å²) in [5.41, 5.74) is 23.3. The third kappa shape index (κ3) is 6.95. The maximum Gasteiger partial charge on any atom is 0.160 e. The minimum absolute atomic E-state index is 0.0160. The van der Waals surface area contributed by atoms with Crippen molar-refractivity contribution in [3.8, 4) is 90.1 Å². The van der Waals surface area contributed by atoms with Gasteiger partial charge in [0.05, 0.1) is 35.3 Å². The highest BCUT2D eigenvalue weighted by molar-refractivity contribution is 5.96. The van der Waals surface area contributed by atoms with Crippen molar-refractivity contribution in [1.82, 2.24) is 19.9 Å². The Hall–Kier alpha value is -9.78. The van der Waals surface area contributed by atoms with Crippen LogP contribution in [0.3, 0.4) is 0 Å². The monoisotopic (exact) mass is 946 g/mol. The molecule has 2 bridgehead atoms. The van der Waals surface area contributed by atoms with Crippen LogP contribution in [0.1, 0.15) is 45.2 Å². The first kappa shape index (κ1) is 42.0. The number of aromatic nitrogens is 4. The summed E-state index contributed by atoms with van der Waals surface area (Å²) in [5.74, 6) is 1.40. The number of rotatable bonds is 8. The Morgan fingerprint density at radius 2 is 0.622 bits per heavy atom. The molecule has 16 rings (SSSR count). The van der Waals surface area contributed by atoms with Gasteiger partial charge in [-0.1, -0.05) is 182 Å². The topological polar surface area (TPSA) is 77.8 Å². The van der Waals surface area contributed by atoms with Crippen molar-refractivity contribution in [2.24, 2.45) is 0 Å².